The maximum Gasteiger partial charge on any atom is 0.228 e. The summed E-state index contributed by atoms with van der Waals surface area (Å²) in [6.07, 6.45) is 3.01. The molecule has 1 atom stereocenters. The maximum absolute atomic E-state index is 12.9. The van der Waals surface area contributed by atoms with E-state index in [1.807, 2.05) is 35.4 Å². The third-order valence-electron chi connectivity index (χ3n) is 5.67. The number of ether oxygens (including phenoxy) is 1. The molecule has 3 heterocycles. The van der Waals surface area contributed by atoms with E-state index in [0.717, 1.165) is 36.5 Å². The molecule has 7 heteroatoms. The Labute approximate surface area is 177 Å². The Morgan fingerprint density at radius 3 is 3.00 bits per heavy atom. The molecule has 0 spiro atoms. The molecular weight excluding hydrogens is 380 g/mol. The lowest BCUT2D eigenvalue weighted by atomic mass is 10.1. The highest BCUT2D eigenvalue weighted by atomic mass is 16.5. The molecule has 0 aliphatic carbocycles. The van der Waals surface area contributed by atoms with Crippen molar-refractivity contribution in [3.05, 3.63) is 59.4 Å². The minimum atomic E-state index is -0.264. The Morgan fingerprint density at radius 1 is 1.33 bits per heavy atom. The molecule has 0 radical (unpaired) electrons. The van der Waals surface area contributed by atoms with Crippen LogP contribution < -0.4 is 10.1 Å². The van der Waals surface area contributed by atoms with Crippen LogP contribution in [-0.4, -0.2) is 59.9 Å². The minimum absolute atomic E-state index is 0.0303. The lowest BCUT2D eigenvalue weighted by Crippen LogP contribution is -2.38. The van der Waals surface area contributed by atoms with Crippen LogP contribution in [0.25, 0.3) is 0 Å². The van der Waals surface area contributed by atoms with Crippen LogP contribution in [0.2, 0.25) is 0 Å². The van der Waals surface area contributed by atoms with Crippen molar-refractivity contribution in [1.29, 1.82) is 0 Å². The number of nitrogens with one attached hydrogen (secondary N) is 1. The quantitative estimate of drug-likeness (QED) is 0.786. The summed E-state index contributed by atoms with van der Waals surface area (Å²) in [5.41, 5.74) is 3.30. The van der Waals surface area contributed by atoms with E-state index in [2.05, 4.69) is 34.4 Å². The van der Waals surface area contributed by atoms with E-state index in [-0.39, 0.29) is 24.2 Å². The molecule has 2 aliphatic rings. The van der Waals surface area contributed by atoms with Crippen LogP contribution in [0, 0.1) is 5.92 Å². The monoisotopic (exact) mass is 408 g/mol. The molecule has 1 fully saturated rings. The van der Waals surface area contributed by atoms with Crippen molar-refractivity contribution in [3.63, 3.8) is 0 Å². The van der Waals surface area contributed by atoms with Crippen molar-refractivity contribution >= 4 is 11.8 Å². The second kappa shape index (κ2) is 9.26. The molecular formula is C23H28N4O3. The van der Waals surface area contributed by atoms with E-state index < -0.39 is 0 Å². The van der Waals surface area contributed by atoms with E-state index in [0.29, 0.717) is 26.2 Å². The summed E-state index contributed by atoms with van der Waals surface area (Å²) in [7, 11) is 2.10. The largest absolute Gasteiger partial charge is 0.491 e. The van der Waals surface area contributed by atoms with Crippen molar-refractivity contribution < 1.29 is 14.3 Å². The fraction of sp³-hybridized carbons (Fsp3) is 0.435. The molecule has 1 saturated heterocycles. The van der Waals surface area contributed by atoms with Gasteiger partial charge in [-0.25, -0.2) is 0 Å². The normalized spacial score (nSPS) is 18.5. The molecule has 2 aliphatic heterocycles. The molecule has 1 aromatic heterocycles. The Kier molecular flexibility index (Phi) is 6.28. The first-order chi connectivity index (χ1) is 14.6. The van der Waals surface area contributed by atoms with E-state index in [1.165, 1.54) is 5.56 Å². The summed E-state index contributed by atoms with van der Waals surface area (Å²) < 4.78 is 5.88. The molecule has 1 unspecified atom stereocenters. The minimum Gasteiger partial charge on any atom is -0.491 e. The van der Waals surface area contributed by atoms with Crippen LogP contribution in [0.1, 0.15) is 23.2 Å². The molecule has 30 heavy (non-hydrogen) atoms. The number of rotatable bonds is 6. The number of pyridine rings is 1. The molecule has 1 N–H and O–H groups in total. The van der Waals surface area contributed by atoms with Gasteiger partial charge in [0.25, 0.3) is 0 Å². The zero-order valence-electron chi connectivity index (χ0n) is 17.3. The standard InChI is InChI=1S/C23H28N4O3/c1-26(9-7-20-4-2-3-8-24-20)15-17-5-6-21-19(12-17)16-27(10-11-30-21)23(29)18-13-22(28)25-14-18/h2-6,8,12,18H,7,9-11,13-16H2,1H3,(H,25,28). The molecule has 1 aromatic carbocycles. The van der Waals surface area contributed by atoms with Gasteiger partial charge in [-0.15, -0.1) is 0 Å². The van der Waals surface area contributed by atoms with Gasteiger partial charge >= 0.3 is 0 Å². The summed E-state index contributed by atoms with van der Waals surface area (Å²) >= 11 is 0. The number of hydrogen-bond acceptors (Lipinski definition) is 5. The third-order valence-corrected chi connectivity index (χ3v) is 5.67. The van der Waals surface area contributed by atoms with Crippen molar-refractivity contribution in [2.45, 2.75) is 25.9 Å². The summed E-state index contributed by atoms with van der Waals surface area (Å²) in [4.78, 5) is 32.8. The first kappa shape index (κ1) is 20.3. The second-order valence-corrected chi connectivity index (χ2v) is 8.06. The second-order valence-electron chi connectivity index (χ2n) is 8.06. The number of benzene rings is 1. The summed E-state index contributed by atoms with van der Waals surface area (Å²) in [5, 5.41) is 2.75. The summed E-state index contributed by atoms with van der Waals surface area (Å²) in [5.74, 6) is 0.560. The zero-order valence-corrected chi connectivity index (χ0v) is 17.3. The Morgan fingerprint density at radius 2 is 2.23 bits per heavy atom. The van der Waals surface area contributed by atoms with Gasteiger partial charge in [0.15, 0.2) is 0 Å². The molecule has 2 aromatic rings. The fourth-order valence-electron chi connectivity index (χ4n) is 4.01. The first-order valence-corrected chi connectivity index (χ1v) is 10.5. The van der Waals surface area contributed by atoms with Crippen molar-refractivity contribution in [2.24, 2.45) is 5.92 Å². The highest BCUT2D eigenvalue weighted by Gasteiger charge is 2.32. The van der Waals surface area contributed by atoms with E-state index >= 15 is 0 Å². The zero-order chi connectivity index (χ0) is 20.9. The average molecular weight is 409 g/mol. The molecule has 7 nitrogen and oxygen atoms in total. The van der Waals surface area contributed by atoms with E-state index in [4.69, 9.17) is 4.74 Å². The van der Waals surface area contributed by atoms with Crippen molar-refractivity contribution in [2.75, 3.05) is 33.3 Å². The van der Waals surface area contributed by atoms with Crippen molar-refractivity contribution in [1.82, 2.24) is 20.1 Å². The van der Waals surface area contributed by atoms with Gasteiger partial charge in [0.1, 0.15) is 12.4 Å². The number of nitrogens with zero attached hydrogens (tertiary/aromatic N) is 3. The number of carbonyl (C=O) groups is 2. The topological polar surface area (TPSA) is 74.8 Å². The summed E-state index contributed by atoms with van der Waals surface area (Å²) in [6, 6.07) is 12.2. The van der Waals surface area contributed by atoms with Crippen LogP contribution in [0.15, 0.2) is 42.6 Å². The van der Waals surface area contributed by atoms with Gasteiger partial charge < -0.3 is 19.9 Å². The highest BCUT2D eigenvalue weighted by Crippen LogP contribution is 2.26. The van der Waals surface area contributed by atoms with Gasteiger partial charge in [0.2, 0.25) is 11.8 Å². The van der Waals surface area contributed by atoms with Crippen LogP contribution >= 0.6 is 0 Å². The Bertz CT molecular complexity index is 903. The first-order valence-electron chi connectivity index (χ1n) is 10.5. The molecule has 4 rings (SSSR count). The van der Waals surface area contributed by atoms with Gasteiger partial charge in [0, 0.05) is 56.5 Å². The number of amides is 2. The molecule has 158 valence electrons. The van der Waals surface area contributed by atoms with Gasteiger partial charge in [-0.1, -0.05) is 12.1 Å². The third kappa shape index (κ3) is 4.97. The van der Waals surface area contributed by atoms with E-state index in [1.54, 1.807) is 0 Å². The predicted octanol–water partition coefficient (Wildman–Crippen LogP) is 1.61. The van der Waals surface area contributed by atoms with Gasteiger partial charge in [0.05, 0.1) is 12.5 Å². The van der Waals surface area contributed by atoms with Crippen LogP contribution in [0.3, 0.4) is 0 Å². The SMILES string of the molecule is CN(CCc1ccccn1)Cc1ccc2c(c1)CN(C(=O)C1CNC(=O)C1)CCO2. The van der Waals surface area contributed by atoms with Crippen LogP contribution in [-0.2, 0) is 29.1 Å². The average Bonchev–Trinajstić information content (AvgIpc) is 3.08. The van der Waals surface area contributed by atoms with E-state index in [9.17, 15) is 9.59 Å². The van der Waals surface area contributed by atoms with Crippen molar-refractivity contribution in [3.8, 4) is 5.75 Å². The number of hydrogen-bond donors (Lipinski definition) is 1. The number of aromatic nitrogens is 1. The molecule has 0 bridgehead atoms. The summed E-state index contributed by atoms with van der Waals surface area (Å²) in [6.45, 7) is 3.69. The fourth-order valence-corrected chi connectivity index (χ4v) is 4.01. The molecule has 0 saturated carbocycles. The van der Waals surface area contributed by atoms with Crippen LogP contribution in [0.5, 0.6) is 5.75 Å². The molecule has 2 amide bonds. The highest BCUT2D eigenvalue weighted by molar-refractivity contribution is 5.89. The number of carbonyl (C=O) groups excluding carboxylic acids is 2. The smallest absolute Gasteiger partial charge is 0.228 e. The number of fused-ring (bicyclic) bond motifs is 1. The lowest BCUT2D eigenvalue weighted by Gasteiger charge is -2.23. The Balaban J connectivity index is 1.39. The van der Waals surface area contributed by atoms with Crippen LogP contribution in [0.4, 0.5) is 0 Å². The Hall–Kier alpha value is -2.93. The predicted molar refractivity (Wildman–Crippen MR) is 113 cm³/mol. The maximum atomic E-state index is 12.9. The van der Waals surface area contributed by atoms with Gasteiger partial charge in [-0.3, -0.25) is 14.6 Å². The number of likely N-dealkylation sites (N-methyl/N-ethyl adjacent to an activating group) is 1. The van der Waals surface area contributed by atoms with Gasteiger partial charge in [-0.05, 0) is 36.9 Å². The van der Waals surface area contributed by atoms with Gasteiger partial charge in [-0.2, -0.15) is 0 Å². The lowest BCUT2D eigenvalue weighted by molar-refractivity contribution is -0.136.